The molecule has 0 bridgehead atoms. The fourth-order valence-electron chi connectivity index (χ4n) is 2.47. The van der Waals surface area contributed by atoms with Gasteiger partial charge in [0.1, 0.15) is 5.69 Å². The normalized spacial score (nSPS) is 18.2. The molecule has 8 nitrogen and oxygen atoms in total. The Hall–Kier alpha value is -2.38. The van der Waals surface area contributed by atoms with Crippen LogP contribution in [0.25, 0.3) is 0 Å². The summed E-state index contributed by atoms with van der Waals surface area (Å²) in [6, 6.07) is 1.15. The van der Waals surface area contributed by atoms with Gasteiger partial charge in [0, 0.05) is 25.2 Å². The molecule has 2 rings (SSSR count). The highest BCUT2D eigenvalue weighted by molar-refractivity contribution is 5.94. The Morgan fingerprint density at radius 1 is 1.48 bits per heavy atom. The van der Waals surface area contributed by atoms with E-state index in [-0.39, 0.29) is 29.9 Å². The van der Waals surface area contributed by atoms with E-state index in [1.165, 1.54) is 17.2 Å². The zero-order chi connectivity index (χ0) is 15.7. The third kappa shape index (κ3) is 2.88. The summed E-state index contributed by atoms with van der Waals surface area (Å²) in [6.45, 7) is 4.15. The lowest BCUT2D eigenvalue weighted by molar-refractivity contribution is -0.384. The summed E-state index contributed by atoms with van der Waals surface area (Å²) >= 11 is 0. The quantitative estimate of drug-likeness (QED) is 0.669. The van der Waals surface area contributed by atoms with E-state index in [1.54, 1.807) is 4.57 Å². The highest BCUT2D eigenvalue weighted by Gasteiger charge is 2.33. The van der Waals surface area contributed by atoms with Crippen LogP contribution in [0, 0.1) is 16.0 Å². The number of likely N-dealkylation sites (tertiary alicyclic amines) is 1. The van der Waals surface area contributed by atoms with Gasteiger partial charge in [-0.25, -0.2) is 0 Å². The van der Waals surface area contributed by atoms with Gasteiger partial charge in [0.2, 0.25) is 0 Å². The molecule has 1 amide bonds. The van der Waals surface area contributed by atoms with Crippen molar-refractivity contribution in [3.05, 3.63) is 28.1 Å². The number of hydrogen-bond acceptors (Lipinski definition) is 4. The molecule has 1 unspecified atom stereocenters. The topological polar surface area (TPSA) is 106 Å². The maximum Gasteiger partial charge on any atom is 0.308 e. The van der Waals surface area contributed by atoms with E-state index in [0.717, 1.165) is 0 Å². The molecule has 1 aromatic heterocycles. The van der Waals surface area contributed by atoms with Crippen molar-refractivity contribution < 1.29 is 19.6 Å². The summed E-state index contributed by atoms with van der Waals surface area (Å²) < 4.78 is 1.55. The van der Waals surface area contributed by atoms with Crippen LogP contribution in [0.2, 0.25) is 0 Å². The second-order valence-electron chi connectivity index (χ2n) is 5.42. The third-order valence-electron chi connectivity index (χ3n) is 3.65. The molecule has 1 aliphatic rings. The van der Waals surface area contributed by atoms with Gasteiger partial charge in [0.05, 0.1) is 17.0 Å². The predicted octanol–water partition coefficient (Wildman–Crippen LogP) is 1.52. The smallest absolute Gasteiger partial charge is 0.308 e. The molecule has 0 saturated carbocycles. The van der Waals surface area contributed by atoms with Crippen molar-refractivity contribution in [2.24, 2.45) is 5.92 Å². The number of carboxylic acid groups (broad SMARTS) is 1. The van der Waals surface area contributed by atoms with Gasteiger partial charge in [0.15, 0.2) is 0 Å². The molecule has 8 heteroatoms. The molecule has 0 radical (unpaired) electrons. The number of aliphatic carboxylic acids is 1. The first-order valence-electron chi connectivity index (χ1n) is 6.69. The Morgan fingerprint density at radius 3 is 2.62 bits per heavy atom. The highest BCUT2D eigenvalue weighted by atomic mass is 16.6. The molecule has 0 aliphatic carbocycles. The van der Waals surface area contributed by atoms with Crippen LogP contribution in [0.4, 0.5) is 5.69 Å². The number of nitro groups is 1. The molecule has 1 aromatic rings. The van der Waals surface area contributed by atoms with E-state index in [9.17, 15) is 19.7 Å². The molecule has 1 aliphatic heterocycles. The SMILES string of the molecule is CC(C)n1cc([N+](=O)[O-])cc1C(=O)N1CCC(C(=O)O)C1. The van der Waals surface area contributed by atoms with E-state index in [0.29, 0.717) is 13.0 Å². The molecule has 1 fully saturated rings. The van der Waals surface area contributed by atoms with Gasteiger partial charge in [0.25, 0.3) is 11.6 Å². The predicted molar refractivity (Wildman–Crippen MR) is 73.1 cm³/mol. The number of rotatable bonds is 4. The minimum absolute atomic E-state index is 0.101. The largest absolute Gasteiger partial charge is 0.481 e. The highest BCUT2D eigenvalue weighted by Crippen LogP contribution is 2.24. The van der Waals surface area contributed by atoms with E-state index >= 15 is 0 Å². The van der Waals surface area contributed by atoms with E-state index in [1.807, 2.05) is 13.8 Å². The van der Waals surface area contributed by atoms with Crippen molar-refractivity contribution in [1.82, 2.24) is 9.47 Å². The Bertz CT molecular complexity index is 593. The zero-order valence-corrected chi connectivity index (χ0v) is 11.9. The Balaban J connectivity index is 2.27. The average molecular weight is 295 g/mol. The molecular formula is C13H17N3O5. The standard InChI is InChI=1S/C13H17N3O5/c1-8(2)15-7-10(16(20)21)5-11(15)12(17)14-4-3-9(6-14)13(18)19/h5,7-9H,3-4,6H2,1-2H3,(H,18,19). The number of aromatic nitrogens is 1. The maximum absolute atomic E-state index is 12.5. The molecule has 21 heavy (non-hydrogen) atoms. The summed E-state index contributed by atoms with van der Waals surface area (Å²) in [5.41, 5.74) is 0.0868. The van der Waals surface area contributed by atoms with E-state index < -0.39 is 16.8 Å². The summed E-state index contributed by atoms with van der Waals surface area (Å²) in [6.07, 6.45) is 1.74. The van der Waals surface area contributed by atoms with E-state index in [2.05, 4.69) is 0 Å². The van der Waals surface area contributed by atoms with Crippen molar-refractivity contribution in [2.45, 2.75) is 26.3 Å². The second-order valence-corrected chi connectivity index (χ2v) is 5.42. The van der Waals surface area contributed by atoms with Crippen LogP contribution in [0.5, 0.6) is 0 Å². The lowest BCUT2D eigenvalue weighted by Crippen LogP contribution is -2.31. The van der Waals surface area contributed by atoms with Gasteiger partial charge >= 0.3 is 5.97 Å². The minimum Gasteiger partial charge on any atom is -0.481 e. The van der Waals surface area contributed by atoms with Gasteiger partial charge in [-0.2, -0.15) is 0 Å². The van der Waals surface area contributed by atoms with Crippen molar-refractivity contribution in [2.75, 3.05) is 13.1 Å². The number of carbonyl (C=O) groups is 2. The number of carboxylic acids is 1. The van der Waals surface area contributed by atoms with Crippen molar-refractivity contribution >= 4 is 17.6 Å². The van der Waals surface area contributed by atoms with Crippen molar-refractivity contribution in [1.29, 1.82) is 0 Å². The number of amides is 1. The van der Waals surface area contributed by atoms with Crippen LogP contribution in [0.1, 0.15) is 36.8 Å². The average Bonchev–Trinajstić information content (AvgIpc) is 3.05. The van der Waals surface area contributed by atoms with Crippen LogP contribution in [0.15, 0.2) is 12.3 Å². The lowest BCUT2D eigenvalue weighted by Gasteiger charge is -2.18. The van der Waals surface area contributed by atoms with Crippen LogP contribution in [-0.4, -0.2) is 44.5 Å². The van der Waals surface area contributed by atoms with Crippen molar-refractivity contribution in [3.8, 4) is 0 Å². The third-order valence-corrected chi connectivity index (χ3v) is 3.65. The van der Waals surface area contributed by atoms with Gasteiger partial charge in [-0.3, -0.25) is 19.7 Å². The van der Waals surface area contributed by atoms with Gasteiger partial charge < -0.3 is 14.6 Å². The summed E-state index contributed by atoms with van der Waals surface area (Å²) in [4.78, 5) is 35.2. The van der Waals surface area contributed by atoms with Crippen molar-refractivity contribution in [3.63, 3.8) is 0 Å². The van der Waals surface area contributed by atoms with Gasteiger partial charge in [-0.15, -0.1) is 0 Å². The molecular weight excluding hydrogens is 278 g/mol. The number of hydrogen-bond donors (Lipinski definition) is 1. The van der Waals surface area contributed by atoms with Crippen LogP contribution < -0.4 is 0 Å². The molecule has 2 heterocycles. The maximum atomic E-state index is 12.5. The summed E-state index contributed by atoms with van der Waals surface area (Å²) in [5, 5.41) is 19.8. The van der Waals surface area contributed by atoms with E-state index in [4.69, 9.17) is 5.11 Å². The molecule has 1 atom stereocenters. The first-order valence-corrected chi connectivity index (χ1v) is 6.69. The molecule has 0 spiro atoms. The van der Waals surface area contributed by atoms with Gasteiger partial charge in [-0.1, -0.05) is 0 Å². The zero-order valence-electron chi connectivity index (χ0n) is 11.9. The van der Waals surface area contributed by atoms with Gasteiger partial charge in [-0.05, 0) is 20.3 Å². The fraction of sp³-hybridized carbons (Fsp3) is 0.538. The first kappa shape index (κ1) is 15.0. The first-order chi connectivity index (χ1) is 9.81. The lowest BCUT2D eigenvalue weighted by atomic mass is 10.1. The Morgan fingerprint density at radius 2 is 2.14 bits per heavy atom. The molecule has 0 aromatic carbocycles. The molecule has 1 saturated heterocycles. The fourth-order valence-corrected chi connectivity index (χ4v) is 2.47. The summed E-state index contributed by atoms with van der Waals surface area (Å²) in [5.74, 6) is -1.84. The number of nitrogens with zero attached hydrogens (tertiary/aromatic N) is 3. The monoisotopic (exact) mass is 295 g/mol. The Labute approximate surface area is 121 Å². The molecule has 1 N–H and O–H groups in total. The van der Waals surface area contributed by atoms with Crippen LogP contribution in [-0.2, 0) is 4.79 Å². The van der Waals surface area contributed by atoms with Crippen LogP contribution in [0.3, 0.4) is 0 Å². The Kier molecular flexibility index (Phi) is 3.97. The molecule has 114 valence electrons. The minimum atomic E-state index is -0.921. The summed E-state index contributed by atoms with van der Waals surface area (Å²) in [7, 11) is 0. The van der Waals surface area contributed by atoms with Crippen LogP contribution >= 0.6 is 0 Å². The second kappa shape index (κ2) is 5.55. The number of carbonyl (C=O) groups excluding carboxylic acids is 1.